The quantitative estimate of drug-likeness (QED) is 0.654. The third-order valence-electron chi connectivity index (χ3n) is 5.33. The van der Waals surface area contributed by atoms with Crippen LogP contribution in [0.4, 0.5) is 5.82 Å². The summed E-state index contributed by atoms with van der Waals surface area (Å²) < 4.78 is 5.76. The highest BCUT2D eigenvalue weighted by Crippen LogP contribution is 2.33. The predicted octanol–water partition coefficient (Wildman–Crippen LogP) is 4.33. The van der Waals surface area contributed by atoms with Gasteiger partial charge in [0, 0.05) is 18.1 Å². The first-order valence-electron chi connectivity index (χ1n) is 10.2. The van der Waals surface area contributed by atoms with E-state index in [2.05, 4.69) is 20.4 Å². The van der Waals surface area contributed by atoms with E-state index >= 15 is 0 Å². The summed E-state index contributed by atoms with van der Waals surface area (Å²) in [5.74, 6) is 2.01. The van der Waals surface area contributed by atoms with Gasteiger partial charge >= 0.3 is 0 Å². The van der Waals surface area contributed by atoms with Crippen molar-refractivity contribution in [1.29, 1.82) is 0 Å². The van der Waals surface area contributed by atoms with Gasteiger partial charge in [-0.1, -0.05) is 11.6 Å². The van der Waals surface area contributed by atoms with Crippen LogP contribution >= 0.6 is 11.6 Å². The molecule has 1 saturated carbocycles. The number of carbonyl (C=O) groups is 1. The van der Waals surface area contributed by atoms with Crippen molar-refractivity contribution >= 4 is 23.3 Å². The van der Waals surface area contributed by atoms with Gasteiger partial charge in [0.05, 0.1) is 17.3 Å². The number of nitrogens with one attached hydrogen (secondary N) is 2. The summed E-state index contributed by atoms with van der Waals surface area (Å²) in [7, 11) is 0. The van der Waals surface area contributed by atoms with Crippen molar-refractivity contribution < 1.29 is 9.53 Å². The number of anilines is 1. The molecule has 6 nitrogen and oxygen atoms in total. The maximum absolute atomic E-state index is 12.1. The number of nitrogens with zero attached hydrogens (tertiary/aromatic N) is 2. The van der Waals surface area contributed by atoms with Crippen molar-refractivity contribution in [2.75, 3.05) is 31.6 Å². The molecule has 1 aliphatic heterocycles. The number of ether oxygens (including phenoxy) is 1. The lowest BCUT2D eigenvalue weighted by molar-refractivity contribution is -0.116. The van der Waals surface area contributed by atoms with Crippen LogP contribution in [0.1, 0.15) is 38.5 Å². The molecule has 28 heavy (non-hydrogen) atoms. The second-order valence-electron chi connectivity index (χ2n) is 7.77. The summed E-state index contributed by atoms with van der Waals surface area (Å²) in [6, 6.07) is 7.49. The molecule has 0 spiro atoms. The number of aromatic nitrogens is 2. The van der Waals surface area contributed by atoms with E-state index in [1.165, 1.54) is 38.8 Å². The smallest absolute Gasteiger partial charge is 0.225 e. The fourth-order valence-electron chi connectivity index (χ4n) is 3.49. The minimum absolute atomic E-state index is 0.0104. The predicted molar refractivity (Wildman–Crippen MR) is 111 cm³/mol. The number of amides is 1. The van der Waals surface area contributed by atoms with Gasteiger partial charge in [0.25, 0.3) is 0 Å². The molecule has 2 aliphatic rings. The van der Waals surface area contributed by atoms with Gasteiger partial charge in [0.2, 0.25) is 5.91 Å². The first kappa shape index (κ1) is 19.3. The fourth-order valence-corrected chi connectivity index (χ4v) is 3.72. The molecule has 2 aromatic rings. The van der Waals surface area contributed by atoms with E-state index in [9.17, 15) is 4.79 Å². The highest BCUT2D eigenvalue weighted by atomic mass is 35.5. The van der Waals surface area contributed by atoms with Crippen LogP contribution in [-0.2, 0) is 4.79 Å². The Kier molecular flexibility index (Phi) is 6.17. The van der Waals surface area contributed by atoms with E-state index in [1.807, 2.05) is 24.3 Å². The Bertz CT molecular complexity index is 812. The third kappa shape index (κ3) is 5.26. The zero-order valence-electron chi connectivity index (χ0n) is 16.0. The van der Waals surface area contributed by atoms with Crippen molar-refractivity contribution in [2.24, 2.45) is 5.92 Å². The summed E-state index contributed by atoms with van der Waals surface area (Å²) in [6.07, 6.45) is 6.45. The monoisotopic (exact) mass is 402 g/mol. The van der Waals surface area contributed by atoms with Crippen LogP contribution < -0.4 is 10.1 Å². The number of likely N-dealkylation sites (tertiary alicyclic amines) is 1. The number of hydrogen-bond donors (Lipinski definition) is 2. The largest absolute Gasteiger partial charge is 0.492 e. The molecule has 4 rings (SSSR count). The standard InChI is InChI=1S/C21H27ClN4O2/c22-17-12-16(7-8-19(17)28-14-15-5-6-15)18-13-20(25-24-18)23-21(27)4-3-11-26-9-1-2-10-26/h7-8,12-13,15H,1-6,9-11,14H2,(H2,23,24,25,27). The second-order valence-corrected chi connectivity index (χ2v) is 8.17. The molecule has 2 fully saturated rings. The van der Waals surface area contributed by atoms with E-state index in [0.29, 0.717) is 28.9 Å². The SMILES string of the molecule is O=C(CCCN1CCCC1)Nc1cc(-c2ccc(OCC3CC3)c(Cl)c2)n[nH]1. The lowest BCUT2D eigenvalue weighted by atomic mass is 10.1. The van der Waals surface area contributed by atoms with E-state index in [4.69, 9.17) is 16.3 Å². The van der Waals surface area contributed by atoms with E-state index in [-0.39, 0.29) is 5.91 Å². The van der Waals surface area contributed by atoms with E-state index in [1.54, 1.807) is 0 Å². The van der Waals surface area contributed by atoms with E-state index < -0.39 is 0 Å². The molecule has 1 saturated heterocycles. The van der Waals surface area contributed by atoms with Crippen molar-refractivity contribution in [3.63, 3.8) is 0 Å². The van der Waals surface area contributed by atoms with Gasteiger partial charge in [0.1, 0.15) is 11.6 Å². The summed E-state index contributed by atoms with van der Waals surface area (Å²) >= 11 is 6.35. The maximum atomic E-state index is 12.1. The third-order valence-corrected chi connectivity index (χ3v) is 5.62. The average Bonchev–Trinajstić information content (AvgIpc) is 3.14. The molecule has 1 aromatic carbocycles. The zero-order valence-corrected chi connectivity index (χ0v) is 16.8. The average molecular weight is 403 g/mol. The molecule has 0 unspecified atom stereocenters. The molecule has 150 valence electrons. The van der Waals surface area contributed by atoms with Gasteiger partial charge in [-0.25, -0.2) is 0 Å². The molecular formula is C21H27ClN4O2. The van der Waals surface area contributed by atoms with Crippen LogP contribution in [0.25, 0.3) is 11.3 Å². The molecule has 2 heterocycles. The Morgan fingerprint density at radius 3 is 2.86 bits per heavy atom. The van der Waals surface area contributed by atoms with Gasteiger partial charge < -0.3 is 15.0 Å². The molecule has 2 N–H and O–H groups in total. The lowest BCUT2D eigenvalue weighted by Crippen LogP contribution is -2.22. The van der Waals surface area contributed by atoms with Crippen LogP contribution in [0.5, 0.6) is 5.75 Å². The summed E-state index contributed by atoms with van der Waals surface area (Å²) in [6.45, 7) is 4.06. The molecule has 0 bridgehead atoms. The number of carbonyl (C=O) groups excluding carboxylic acids is 1. The highest BCUT2D eigenvalue weighted by molar-refractivity contribution is 6.32. The Hall–Kier alpha value is -2.05. The molecular weight excluding hydrogens is 376 g/mol. The van der Waals surface area contributed by atoms with Gasteiger partial charge in [0.15, 0.2) is 0 Å². The molecule has 1 aliphatic carbocycles. The number of rotatable bonds is 9. The number of hydrogen-bond acceptors (Lipinski definition) is 4. The summed E-state index contributed by atoms with van der Waals surface area (Å²) in [5, 5.41) is 10.6. The fraction of sp³-hybridized carbons (Fsp3) is 0.524. The Labute approximate surface area is 170 Å². The topological polar surface area (TPSA) is 70.2 Å². The minimum atomic E-state index is 0.0104. The van der Waals surface area contributed by atoms with Crippen LogP contribution in [0.3, 0.4) is 0 Å². The minimum Gasteiger partial charge on any atom is -0.492 e. The van der Waals surface area contributed by atoms with Crippen molar-refractivity contribution in [1.82, 2.24) is 15.1 Å². The molecule has 7 heteroatoms. The first-order valence-corrected chi connectivity index (χ1v) is 10.6. The number of benzene rings is 1. The number of halogens is 1. The second kappa shape index (κ2) is 8.97. The van der Waals surface area contributed by atoms with Crippen molar-refractivity contribution in [2.45, 2.75) is 38.5 Å². The van der Waals surface area contributed by atoms with Gasteiger partial charge in [-0.15, -0.1) is 0 Å². The van der Waals surface area contributed by atoms with Crippen LogP contribution in [0, 0.1) is 5.92 Å². The maximum Gasteiger partial charge on any atom is 0.225 e. The molecule has 1 amide bonds. The molecule has 0 radical (unpaired) electrons. The van der Waals surface area contributed by atoms with Crippen LogP contribution in [0.2, 0.25) is 5.02 Å². The Morgan fingerprint density at radius 2 is 2.11 bits per heavy atom. The van der Waals surface area contributed by atoms with Gasteiger partial charge in [-0.3, -0.25) is 9.89 Å². The van der Waals surface area contributed by atoms with Gasteiger partial charge in [-0.05, 0) is 75.9 Å². The number of H-pyrrole nitrogens is 1. The number of aromatic amines is 1. The lowest BCUT2D eigenvalue weighted by Gasteiger charge is -2.13. The Balaban J connectivity index is 1.28. The molecule has 0 atom stereocenters. The first-order chi connectivity index (χ1) is 13.7. The highest BCUT2D eigenvalue weighted by Gasteiger charge is 2.22. The van der Waals surface area contributed by atoms with Crippen LogP contribution in [0.15, 0.2) is 24.3 Å². The summed E-state index contributed by atoms with van der Waals surface area (Å²) in [5.41, 5.74) is 1.62. The Morgan fingerprint density at radius 1 is 1.29 bits per heavy atom. The van der Waals surface area contributed by atoms with E-state index in [0.717, 1.165) is 30.8 Å². The summed E-state index contributed by atoms with van der Waals surface area (Å²) in [4.78, 5) is 14.6. The van der Waals surface area contributed by atoms with Crippen molar-refractivity contribution in [3.8, 4) is 17.0 Å². The molecule has 1 aromatic heterocycles. The van der Waals surface area contributed by atoms with Crippen LogP contribution in [-0.4, -0.2) is 47.2 Å². The zero-order chi connectivity index (χ0) is 19.3. The van der Waals surface area contributed by atoms with Gasteiger partial charge in [-0.2, -0.15) is 5.10 Å². The normalized spacial score (nSPS) is 17.0. The van der Waals surface area contributed by atoms with Crippen molar-refractivity contribution in [3.05, 3.63) is 29.3 Å².